The Labute approximate surface area is 80.3 Å². The van der Waals surface area contributed by atoms with Gasteiger partial charge in [0.15, 0.2) is 0 Å². The number of primary amides is 1. The molecular weight excluding hydrogens is 184 g/mol. The van der Waals surface area contributed by atoms with E-state index in [0.29, 0.717) is 0 Å². The molecule has 0 atom stereocenters. The number of hydrogen-bond donors (Lipinski definition) is 3. The summed E-state index contributed by atoms with van der Waals surface area (Å²) in [6.07, 6.45) is 1.47. The Morgan fingerprint density at radius 2 is 2.21 bits per heavy atom. The molecule has 0 saturated carbocycles. The van der Waals surface area contributed by atoms with E-state index in [1.54, 1.807) is 6.07 Å². The number of nitrogens with one attached hydrogen (secondary N) is 1. The van der Waals surface area contributed by atoms with Crippen molar-refractivity contribution in [3.63, 3.8) is 0 Å². The fourth-order valence-electron chi connectivity index (χ4n) is 0.872. The van der Waals surface area contributed by atoms with Gasteiger partial charge in [0, 0.05) is 6.20 Å². The lowest BCUT2D eigenvalue weighted by atomic mass is 10.2. The highest BCUT2D eigenvalue weighted by molar-refractivity contribution is 5.99. The Balaban J connectivity index is 2.70. The van der Waals surface area contributed by atoms with Gasteiger partial charge in [0.25, 0.3) is 5.91 Å². The average molecular weight is 194 g/mol. The number of amides is 2. The van der Waals surface area contributed by atoms with Crippen LogP contribution in [0.15, 0.2) is 18.3 Å². The molecule has 0 aliphatic rings. The Kier molecular flexibility index (Phi) is 3.01. The van der Waals surface area contributed by atoms with Gasteiger partial charge in [-0.2, -0.15) is 0 Å². The molecular formula is C8H10N4O2. The number of pyridine rings is 1. The molecule has 74 valence electrons. The number of carbonyl (C=O) groups is 2. The third-order valence-electron chi connectivity index (χ3n) is 1.51. The number of nitrogens with zero attached hydrogens (tertiary/aromatic N) is 1. The number of nitrogens with two attached hydrogens (primary N) is 2. The van der Waals surface area contributed by atoms with Crippen molar-refractivity contribution < 1.29 is 9.59 Å². The van der Waals surface area contributed by atoms with Crippen molar-refractivity contribution >= 4 is 17.6 Å². The molecule has 14 heavy (non-hydrogen) atoms. The number of aromatic nitrogens is 1. The second-order valence-corrected chi connectivity index (χ2v) is 2.59. The van der Waals surface area contributed by atoms with Gasteiger partial charge in [-0.05, 0) is 12.1 Å². The lowest BCUT2D eigenvalue weighted by molar-refractivity contribution is -0.117. The van der Waals surface area contributed by atoms with Crippen molar-refractivity contribution in [3.05, 3.63) is 23.9 Å². The molecule has 5 N–H and O–H groups in total. The highest BCUT2D eigenvalue weighted by Crippen LogP contribution is 2.05. The second-order valence-electron chi connectivity index (χ2n) is 2.59. The third-order valence-corrected chi connectivity index (χ3v) is 1.51. The van der Waals surface area contributed by atoms with Crippen molar-refractivity contribution in [3.8, 4) is 0 Å². The van der Waals surface area contributed by atoms with Crippen molar-refractivity contribution in [2.45, 2.75) is 0 Å². The fraction of sp³-hybridized carbons (Fsp3) is 0.125. The smallest absolute Gasteiger partial charge is 0.255 e. The van der Waals surface area contributed by atoms with Crippen LogP contribution in [0, 0.1) is 0 Å². The van der Waals surface area contributed by atoms with Crippen LogP contribution < -0.4 is 16.8 Å². The minimum Gasteiger partial charge on any atom is -0.383 e. The third kappa shape index (κ3) is 2.44. The summed E-state index contributed by atoms with van der Waals surface area (Å²) in [5, 5.41) is 2.31. The van der Waals surface area contributed by atoms with Crippen LogP contribution in [-0.2, 0) is 4.79 Å². The van der Waals surface area contributed by atoms with Crippen LogP contribution in [-0.4, -0.2) is 23.3 Å². The van der Waals surface area contributed by atoms with E-state index in [1.165, 1.54) is 12.3 Å². The van der Waals surface area contributed by atoms with Crippen LogP contribution in [0.25, 0.3) is 0 Å². The van der Waals surface area contributed by atoms with Crippen LogP contribution in [0.2, 0.25) is 0 Å². The summed E-state index contributed by atoms with van der Waals surface area (Å²) in [5.41, 5.74) is 10.5. The first-order valence-electron chi connectivity index (χ1n) is 3.88. The highest BCUT2D eigenvalue weighted by atomic mass is 16.2. The average Bonchev–Trinajstić information content (AvgIpc) is 2.15. The van der Waals surface area contributed by atoms with E-state index < -0.39 is 11.8 Å². The van der Waals surface area contributed by atoms with Crippen LogP contribution in [0.5, 0.6) is 0 Å². The maximum Gasteiger partial charge on any atom is 0.255 e. The fourth-order valence-corrected chi connectivity index (χ4v) is 0.872. The number of carbonyl (C=O) groups excluding carboxylic acids is 2. The molecule has 0 spiro atoms. The number of nitrogen functional groups attached to an aromatic ring is 1. The Bertz CT molecular complexity index is 364. The van der Waals surface area contributed by atoms with Crippen LogP contribution >= 0.6 is 0 Å². The minimum atomic E-state index is -0.610. The molecule has 2 amide bonds. The van der Waals surface area contributed by atoms with Gasteiger partial charge < -0.3 is 16.8 Å². The summed E-state index contributed by atoms with van der Waals surface area (Å²) in [7, 11) is 0. The number of anilines is 1. The predicted octanol–water partition coefficient (Wildman–Crippen LogP) is -1.12. The van der Waals surface area contributed by atoms with Crippen LogP contribution in [0.1, 0.15) is 10.4 Å². The molecule has 0 fully saturated rings. The van der Waals surface area contributed by atoms with E-state index in [4.69, 9.17) is 11.5 Å². The van der Waals surface area contributed by atoms with Crippen molar-refractivity contribution in [2.24, 2.45) is 5.73 Å². The summed E-state index contributed by atoms with van der Waals surface area (Å²) in [4.78, 5) is 25.4. The zero-order chi connectivity index (χ0) is 10.6. The first-order valence-corrected chi connectivity index (χ1v) is 3.88. The molecule has 0 aliphatic heterocycles. The molecule has 1 aromatic heterocycles. The van der Waals surface area contributed by atoms with E-state index in [1.807, 2.05) is 0 Å². The van der Waals surface area contributed by atoms with E-state index >= 15 is 0 Å². The number of rotatable bonds is 3. The Hall–Kier alpha value is -2.11. The zero-order valence-corrected chi connectivity index (χ0v) is 7.36. The van der Waals surface area contributed by atoms with E-state index in [-0.39, 0.29) is 17.9 Å². The second kappa shape index (κ2) is 4.22. The van der Waals surface area contributed by atoms with Gasteiger partial charge in [0.1, 0.15) is 5.82 Å². The normalized spacial score (nSPS) is 9.43. The first kappa shape index (κ1) is 9.97. The molecule has 0 unspecified atom stereocenters. The topological polar surface area (TPSA) is 111 Å². The van der Waals surface area contributed by atoms with Gasteiger partial charge >= 0.3 is 0 Å². The standard InChI is InChI=1S/C8H10N4O2/c9-6(13)4-12-8(14)5-2-1-3-11-7(5)10/h1-3H,4H2,(H2,9,13)(H2,10,11)(H,12,14). The molecule has 0 radical (unpaired) electrons. The van der Waals surface area contributed by atoms with E-state index in [0.717, 1.165) is 0 Å². The molecule has 1 heterocycles. The Morgan fingerprint density at radius 3 is 2.79 bits per heavy atom. The summed E-state index contributed by atoms with van der Waals surface area (Å²) in [6, 6.07) is 3.09. The monoisotopic (exact) mass is 194 g/mol. The summed E-state index contributed by atoms with van der Waals surface area (Å²) < 4.78 is 0. The molecule has 0 aliphatic carbocycles. The van der Waals surface area contributed by atoms with Crippen molar-refractivity contribution in [1.82, 2.24) is 10.3 Å². The Morgan fingerprint density at radius 1 is 1.50 bits per heavy atom. The van der Waals surface area contributed by atoms with Crippen molar-refractivity contribution in [1.29, 1.82) is 0 Å². The molecule has 0 bridgehead atoms. The lowest BCUT2D eigenvalue weighted by Crippen LogP contribution is -2.33. The molecule has 1 aromatic rings. The summed E-state index contributed by atoms with van der Waals surface area (Å²) in [6.45, 7) is -0.215. The number of hydrogen-bond acceptors (Lipinski definition) is 4. The molecule has 6 nitrogen and oxygen atoms in total. The summed E-state index contributed by atoms with van der Waals surface area (Å²) >= 11 is 0. The van der Waals surface area contributed by atoms with Gasteiger partial charge in [0.2, 0.25) is 5.91 Å². The first-order chi connectivity index (χ1) is 6.61. The SMILES string of the molecule is NC(=O)CNC(=O)c1cccnc1N. The van der Waals surface area contributed by atoms with Crippen LogP contribution in [0.4, 0.5) is 5.82 Å². The molecule has 0 aromatic carbocycles. The van der Waals surface area contributed by atoms with Crippen molar-refractivity contribution in [2.75, 3.05) is 12.3 Å². The maximum absolute atomic E-state index is 11.3. The minimum absolute atomic E-state index is 0.120. The van der Waals surface area contributed by atoms with Gasteiger partial charge in [0.05, 0.1) is 12.1 Å². The molecule has 0 saturated heterocycles. The highest BCUT2D eigenvalue weighted by Gasteiger charge is 2.09. The maximum atomic E-state index is 11.3. The summed E-state index contributed by atoms with van der Waals surface area (Å²) in [5.74, 6) is -0.954. The lowest BCUT2D eigenvalue weighted by Gasteiger charge is -2.03. The van der Waals surface area contributed by atoms with E-state index in [9.17, 15) is 9.59 Å². The van der Waals surface area contributed by atoms with Gasteiger partial charge in [-0.15, -0.1) is 0 Å². The molecule has 1 rings (SSSR count). The van der Waals surface area contributed by atoms with Gasteiger partial charge in [-0.25, -0.2) is 4.98 Å². The quantitative estimate of drug-likeness (QED) is 0.565. The van der Waals surface area contributed by atoms with Crippen LogP contribution in [0.3, 0.4) is 0 Å². The van der Waals surface area contributed by atoms with Gasteiger partial charge in [-0.1, -0.05) is 0 Å². The largest absolute Gasteiger partial charge is 0.383 e. The predicted molar refractivity (Wildman–Crippen MR) is 50.2 cm³/mol. The molecule has 6 heteroatoms. The van der Waals surface area contributed by atoms with E-state index in [2.05, 4.69) is 10.3 Å². The van der Waals surface area contributed by atoms with Gasteiger partial charge in [-0.3, -0.25) is 9.59 Å². The zero-order valence-electron chi connectivity index (χ0n) is 7.36.